The molecule has 1 heterocycles. The molecule has 64 valence electrons. The van der Waals surface area contributed by atoms with Crippen LogP contribution in [-0.2, 0) is 17.9 Å². The zero-order valence-corrected chi connectivity index (χ0v) is 6.75. The number of hydrogen-bond acceptors (Lipinski definition) is 3. The predicted octanol–water partition coefficient (Wildman–Crippen LogP) is 1.01. The van der Waals surface area contributed by atoms with Gasteiger partial charge in [0.15, 0.2) is 6.79 Å². The summed E-state index contributed by atoms with van der Waals surface area (Å²) in [5.74, 6) is 0.909. The summed E-state index contributed by atoms with van der Waals surface area (Å²) in [6, 6.07) is 5.94. The molecule has 0 fully saturated rings. The molecule has 0 aliphatic carbocycles. The highest BCUT2D eigenvalue weighted by molar-refractivity contribution is 5.41. The van der Waals surface area contributed by atoms with Gasteiger partial charge in [0.2, 0.25) is 0 Å². The number of fused-ring (bicyclic) bond motifs is 1. The van der Waals surface area contributed by atoms with Crippen LogP contribution in [-0.4, -0.2) is 6.79 Å². The normalized spacial score (nSPS) is 15.1. The zero-order valence-electron chi connectivity index (χ0n) is 6.75. The molecule has 0 aromatic heterocycles. The molecular formula is C9H11NO2. The third kappa shape index (κ3) is 1.17. The Morgan fingerprint density at radius 3 is 3.17 bits per heavy atom. The number of nitrogens with two attached hydrogens (primary N) is 1. The zero-order chi connectivity index (χ0) is 8.39. The van der Waals surface area contributed by atoms with Crippen molar-refractivity contribution in [3.8, 4) is 5.75 Å². The molecule has 12 heavy (non-hydrogen) atoms. The lowest BCUT2D eigenvalue weighted by atomic mass is 10.1. The van der Waals surface area contributed by atoms with Crippen LogP contribution < -0.4 is 10.5 Å². The number of hydrogen-bond donors (Lipinski definition) is 1. The van der Waals surface area contributed by atoms with Crippen molar-refractivity contribution in [1.29, 1.82) is 0 Å². The van der Waals surface area contributed by atoms with Gasteiger partial charge in [0.05, 0.1) is 6.61 Å². The Kier molecular flexibility index (Phi) is 1.98. The predicted molar refractivity (Wildman–Crippen MR) is 44.6 cm³/mol. The molecule has 0 radical (unpaired) electrons. The van der Waals surface area contributed by atoms with Gasteiger partial charge in [-0.05, 0) is 0 Å². The molecule has 1 aliphatic rings. The van der Waals surface area contributed by atoms with E-state index in [2.05, 4.69) is 0 Å². The van der Waals surface area contributed by atoms with Crippen molar-refractivity contribution < 1.29 is 9.47 Å². The third-order valence-electron chi connectivity index (χ3n) is 1.94. The minimum Gasteiger partial charge on any atom is -0.467 e. The number of rotatable bonds is 1. The monoisotopic (exact) mass is 165 g/mol. The number of ether oxygens (including phenoxy) is 2. The topological polar surface area (TPSA) is 44.5 Å². The van der Waals surface area contributed by atoms with Crippen molar-refractivity contribution in [3.63, 3.8) is 0 Å². The average Bonchev–Trinajstić information content (AvgIpc) is 2.17. The molecule has 0 unspecified atom stereocenters. The quantitative estimate of drug-likeness (QED) is 0.675. The van der Waals surface area contributed by atoms with Crippen molar-refractivity contribution >= 4 is 0 Å². The summed E-state index contributed by atoms with van der Waals surface area (Å²) in [4.78, 5) is 0. The van der Waals surface area contributed by atoms with Gasteiger partial charge in [-0.1, -0.05) is 18.2 Å². The fraction of sp³-hybridized carbons (Fsp3) is 0.333. The first-order valence-electron chi connectivity index (χ1n) is 3.93. The Hall–Kier alpha value is -1.06. The van der Waals surface area contributed by atoms with Gasteiger partial charge in [0.25, 0.3) is 0 Å². The van der Waals surface area contributed by atoms with Crippen LogP contribution in [0, 0.1) is 0 Å². The highest BCUT2D eigenvalue weighted by atomic mass is 16.7. The minimum absolute atomic E-state index is 0.337. The molecule has 0 spiro atoms. The van der Waals surface area contributed by atoms with E-state index >= 15 is 0 Å². The molecule has 2 N–H and O–H groups in total. The van der Waals surface area contributed by atoms with E-state index < -0.39 is 0 Å². The lowest BCUT2D eigenvalue weighted by Crippen LogP contribution is -2.14. The summed E-state index contributed by atoms with van der Waals surface area (Å²) < 4.78 is 10.5. The standard InChI is InChI=1S/C9H11NO2/c10-4-7-2-1-3-8-5-11-6-12-9(7)8/h1-3H,4-6,10H2. The van der Waals surface area contributed by atoms with Gasteiger partial charge in [0, 0.05) is 17.7 Å². The van der Waals surface area contributed by atoms with Crippen LogP contribution in [0.1, 0.15) is 11.1 Å². The Morgan fingerprint density at radius 1 is 1.42 bits per heavy atom. The molecule has 0 saturated carbocycles. The minimum atomic E-state index is 0.337. The van der Waals surface area contributed by atoms with Crippen molar-refractivity contribution in [1.82, 2.24) is 0 Å². The SMILES string of the molecule is NCc1cccc2c1OCOC2. The van der Waals surface area contributed by atoms with E-state index in [9.17, 15) is 0 Å². The average molecular weight is 165 g/mol. The Morgan fingerprint density at radius 2 is 2.33 bits per heavy atom. The molecule has 0 amide bonds. The summed E-state index contributed by atoms with van der Waals surface area (Å²) >= 11 is 0. The summed E-state index contributed by atoms with van der Waals surface area (Å²) in [5.41, 5.74) is 7.69. The Balaban J connectivity index is 2.44. The van der Waals surface area contributed by atoms with E-state index in [1.807, 2.05) is 18.2 Å². The van der Waals surface area contributed by atoms with Crippen molar-refractivity contribution in [2.75, 3.05) is 6.79 Å². The van der Waals surface area contributed by atoms with Crippen LogP contribution in [0.3, 0.4) is 0 Å². The Labute approximate surface area is 71.1 Å². The Bertz CT molecular complexity index is 272. The maximum atomic E-state index is 5.55. The first-order valence-corrected chi connectivity index (χ1v) is 3.93. The molecular weight excluding hydrogens is 154 g/mol. The van der Waals surface area contributed by atoms with E-state index in [1.165, 1.54) is 0 Å². The molecule has 3 nitrogen and oxygen atoms in total. The van der Waals surface area contributed by atoms with Gasteiger partial charge in [-0.3, -0.25) is 0 Å². The van der Waals surface area contributed by atoms with Gasteiger partial charge in [-0.25, -0.2) is 0 Å². The smallest absolute Gasteiger partial charge is 0.189 e. The lowest BCUT2D eigenvalue weighted by molar-refractivity contribution is -0.0170. The fourth-order valence-electron chi connectivity index (χ4n) is 1.35. The second kappa shape index (κ2) is 3.13. The molecule has 0 saturated heterocycles. The van der Waals surface area contributed by atoms with Crippen LogP contribution in [0.2, 0.25) is 0 Å². The summed E-state index contributed by atoms with van der Waals surface area (Å²) in [6.07, 6.45) is 0. The second-order valence-electron chi connectivity index (χ2n) is 2.72. The number of benzene rings is 1. The van der Waals surface area contributed by atoms with Gasteiger partial charge < -0.3 is 15.2 Å². The van der Waals surface area contributed by atoms with Gasteiger partial charge in [-0.15, -0.1) is 0 Å². The first-order chi connectivity index (χ1) is 5.92. The van der Waals surface area contributed by atoms with Crippen LogP contribution in [0.4, 0.5) is 0 Å². The van der Waals surface area contributed by atoms with E-state index in [-0.39, 0.29) is 0 Å². The second-order valence-corrected chi connectivity index (χ2v) is 2.72. The van der Waals surface area contributed by atoms with E-state index in [1.54, 1.807) is 0 Å². The van der Waals surface area contributed by atoms with Gasteiger partial charge in [0.1, 0.15) is 5.75 Å². The largest absolute Gasteiger partial charge is 0.467 e. The van der Waals surface area contributed by atoms with E-state index in [0.29, 0.717) is 19.9 Å². The molecule has 3 heteroatoms. The fourth-order valence-corrected chi connectivity index (χ4v) is 1.35. The first kappa shape index (κ1) is 7.58. The van der Waals surface area contributed by atoms with Gasteiger partial charge >= 0.3 is 0 Å². The summed E-state index contributed by atoms with van der Waals surface area (Å²) in [6.45, 7) is 1.48. The summed E-state index contributed by atoms with van der Waals surface area (Å²) in [5, 5.41) is 0. The van der Waals surface area contributed by atoms with Gasteiger partial charge in [-0.2, -0.15) is 0 Å². The lowest BCUT2D eigenvalue weighted by Gasteiger charge is -2.19. The van der Waals surface area contributed by atoms with Crippen LogP contribution >= 0.6 is 0 Å². The summed E-state index contributed by atoms with van der Waals surface area (Å²) in [7, 11) is 0. The van der Waals surface area contributed by atoms with Crippen LogP contribution in [0.15, 0.2) is 18.2 Å². The maximum absolute atomic E-state index is 5.55. The highest BCUT2D eigenvalue weighted by Crippen LogP contribution is 2.27. The molecule has 2 rings (SSSR count). The third-order valence-corrected chi connectivity index (χ3v) is 1.94. The van der Waals surface area contributed by atoms with Crippen molar-refractivity contribution in [2.45, 2.75) is 13.2 Å². The molecule has 1 aromatic carbocycles. The van der Waals surface area contributed by atoms with Crippen molar-refractivity contribution in [2.24, 2.45) is 5.73 Å². The van der Waals surface area contributed by atoms with Crippen LogP contribution in [0.5, 0.6) is 5.75 Å². The van der Waals surface area contributed by atoms with E-state index in [0.717, 1.165) is 16.9 Å². The van der Waals surface area contributed by atoms with Crippen LogP contribution in [0.25, 0.3) is 0 Å². The molecule has 0 bridgehead atoms. The number of para-hydroxylation sites is 1. The van der Waals surface area contributed by atoms with Crippen molar-refractivity contribution in [3.05, 3.63) is 29.3 Å². The molecule has 1 aliphatic heterocycles. The highest BCUT2D eigenvalue weighted by Gasteiger charge is 2.12. The molecule has 0 atom stereocenters. The van der Waals surface area contributed by atoms with E-state index in [4.69, 9.17) is 15.2 Å². The molecule has 1 aromatic rings. The maximum Gasteiger partial charge on any atom is 0.189 e.